The minimum Gasteiger partial charge on any atom is -0.486 e. The number of ether oxygens (including phenoxy) is 3. The van der Waals surface area contributed by atoms with Crippen molar-refractivity contribution in [3.8, 4) is 17.2 Å². The van der Waals surface area contributed by atoms with E-state index in [2.05, 4.69) is 12.2 Å². The van der Waals surface area contributed by atoms with Crippen LogP contribution in [0, 0.1) is 5.92 Å². The Morgan fingerprint density at radius 3 is 2.64 bits per heavy atom. The topological polar surface area (TPSA) is 80.3 Å². The maximum Gasteiger partial charge on any atom is 0.324 e. The SMILES string of the molecule is CC[C@H]1CN(C(=O)N2CCC(C(=O)NCc3ccc4c(c3)OCO4)CC2)c2ccccc2O1. The van der Waals surface area contributed by atoms with Crippen molar-refractivity contribution in [2.24, 2.45) is 5.92 Å². The number of piperidine rings is 1. The molecule has 3 aliphatic heterocycles. The zero-order chi connectivity index (χ0) is 22.8. The fourth-order valence-corrected chi connectivity index (χ4v) is 4.58. The molecule has 0 bridgehead atoms. The number of carbonyl (C=O) groups is 2. The summed E-state index contributed by atoms with van der Waals surface area (Å²) in [5.74, 6) is 2.13. The first-order valence-corrected chi connectivity index (χ1v) is 11.6. The molecule has 2 aromatic carbocycles. The Labute approximate surface area is 193 Å². The molecule has 0 unspecified atom stereocenters. The molecule has 3 amide bonds. The van der Waals surface area contributed by atoms with Crippen molar-refractivity contribution in [3.63, 3.8) is 0 Å². The summed E-state index contributed by atoms with van der Waals surface area (Å²) >= 11 is 0. The molecule has 0 aromatic heterocycles. The van der Waals surface area contributed by atoms with E-state index in [0.717, 1.165) is 29.2 Å². The molecule has 1 saturated heterocycles. The van der Waals surface area contributed by atoms with Crippen LogP contribution in [-0.4, -0.2) is 49.4 Å². The summed E-state index contributed by atoms with van der Waals surface area (Å²) in [6.45, 7) is 4.42. The Morgan fingerprint density at radius 2 is 1.82 bits per heavy atom. The Hall–Kier alpha value is -3.42. The van der Waals surface area contributed by atoms with Gasteiger partial charge in [-0.25, -0.2) is 4.79 Å². The maximum atomic E-state index is 13.3. The largest absolute Gasteiger partial charge is 0.486 e. The van der Waals surface area contributed by atoms with Crippen LogP contribution in [0.5, 0.6) is 17.2 Å². The molecule has 1 fully saturated rings. The second kappa shape index (κ2) is 9.21. The molecule has 1 atom stereocenters. The van der Waals surface area contributed by atoms with Gasteiger partial charge < -0.3 is 24.4 Å². The van der Waals surface area contributed by atoms with Gasteiger partial charge in [-0.3, -0.25) is 9.69 Å². The molecular formula is C25H29N3O5. The first kappa shape index (κ1) is 21.4. The summed E-state index contributed by atoms with van der Waals surface area (Å²) < 4.78 is 16.7. The summed E-state index contributed by atoms with van der Waals surface area (Å²) in [5.41, 5.74) is 1.78. The quantitative estimate of drug-likeness (QED) is 0.769. The van der Waals surface area contributed by atoms with E-state index < -0.39 is 0 Å². The molecule has 33 heavy (non-hydrogen) atoms. The number of anilines is 1. The van der Waals surface area contributed by atoms with Crippen LogP contribution in [0.15, 0.2) is 42.5 Å². The molecule has 8 heteroatoms. The lowest BCUT2D eigenvalue weighted by Crippen LogP contribution is -2.52. The second-order valence-electron chi connectivity index (χ2n) is 8.68. The minimum atomic E-state index is -0.0940. The fourth-order valence-electron chi connectivity index (χ4n) is 4.58. The molecule has 1 N–H and O–H groups in total. The summed E-state index contributed by atoms with van der Waals surface area (Å²) in [6.07, 6.45) is 2.14. The molecule has 8 nitrogen and oxygen atoms in total. The van der Waals surface area contributed by atoms with Gasteiger partial charge in [0, 0.05) is 25.6 Å². The second-order valence-corrected chi connectivity index (χ2v) is 8.68. The van der Waals surface area contributed by atoms with Gasteiger partial charge in [-0.05, 0) is 49.1 Å². The van der Waals surface area contributed by atoms with Gasteiger partial charge in [-0.2, -0.15) is 0 Å². The summed E-state index contributed by atoms with van der Waals surface area (Å²) in [6, 6.07) is 13.4. The number of benzene rings is 2. The van der Waals surface area contributed by atoms with E-state index in [4.69, 9.17) is 14.2 Å². The van der Waals surface area contributed by atoms with Crippen LogP contribution in [0.3, 0.4) is 0 Å². The number of amides is 3. The van der Waals surface area contributed by atoms with Crippen LogP contribution in [0.25, 0.3) is 0 Å². The van der Waals surface area contributed by atoms with Gasteiger partial charge in [-0.15, -0.1) is 0 Å². The lowest BCUT2D eigenvalue weighted by atomic mass is 9.96. The average Bonchev–Trinajstić information content (AvgIpc) is 3.34. The lowest BCUT2D eigenvalue weighted by Gasteiger charge is -2.39. The maximum absolute atomic E-state index is 13.3. The molecule has 0 radical (unpaired) electrons. The van der Waals surface area contributed by atoms with Crippen LogP contribution in [0.1, 0.15) is 31.7 Å². The zero-order valence-corrected chi connectivity index (χ0v) is 18.8. The van der Waals surface area contributed by atoms with Crippen molar-refractivity contribution in [3.05, 3.63) is 48.0 Å². The lowest BCUT2D eigenvalue weighted by molar-refractivity contribution is -0.126. The highest BCUT2D eigenvalue weighted by Crippen LogP contribution is 2.35. The molecule has 0 spiro atoms. The number of nitrogens with zero attached hydrogens (tertiary/aromatic N) is 2. The highest BCUT2D eigenvalue weighted by Gasteiger charge is 2.34. The zero-order valence-electron chi connectivity index (χ0n) is 18.8. The number of hydrogen-bond acceptors (Lipinski definition) is 5. The van der Waals surface area contributed by atoms with Crippen LogP contribution in [0.2, 0.25) is 0 Å². The van der Waals surface area contributed by atoms with Crippen molar-refractivity contribution < 1.29 is 23.8 Å². The first-order chi connectivity index (χ1) is 16.1. The number of fused-ring (bicyclic) bond motifs is 2. The highest BCUT2D eigenvalue weighted by molar-refractivity contribution is 5.94. The molecule has 174 valence electrons. The fraction of sp³-hybridized carbons (Fsp3) is 0.440. The highest BCUT2D eigenvalue weighted by atomic mass is 16.7. The van der Waals surface area contributed by atoms with E-state index >= 15 is 0 Å². The third kappa shape index (κ3) is 4.42. The molecule has 5 rings (SSSR count). The molecule has 3 aliphatic rings. The first-order valence-electron chi connectivity index (χ1n) is 11.6. The Balaban J connectivity index is 1.15. The minimum absolute atomic E-state index is 0.0107. The molecule has 0 aliphatic carbocycles. The van der Waals surface area contributed by atoms with E-state index in [0.29, 0.717) is 44.8 Å². The summed E-state index contributed by atoms with van der Waals surface area (Å²) in [7, 11) is 0. The Bertz CT molecular complexity index is 1030. The number of nitrogens with one attached hydrogen (secondary N) is 1. The van der Waals surface area contributed by atoms with Crippen LogP contribution in [-0.2, 0) is 11.3 Å². The monoisotopic (exact) mass is 451 g/mol. The molecule has 0 saturated carbocycles. The number of carbonyl (C=O) groups excluding carboxylic acids is 2. The van der Waals surface area contributed by atoms with Gasteiger partial charge in [0.05, 0.1) is 12.2 Å². The van der Waals surface area contributed by atoms with Crippen LogP contribution < -0.4 is 24.4 Å². The van der Waals surface area contributed by atoms with E-state index in [1.54, 1.807) is 0 Å². The summed E-state index contributed by atoms with van der Waals surface area (Å²) in [4.78, 5) is 29.7. The van der Waals surface area contributed by atoms with Gasteiger partial charge in [0.15, 0.2) is 11.5 Å². The van der Waals surface area contributed by atoms with Crippen molar-refractivity contribution >= 4 is 17.6 Å². The van der Waals surface area contributed by atoms with Crippen LogP contribution in [0.4, 0.5) is 10.5 Å². The van der Waals surface area contributed by atoms with Crippen molar-refractivity contribution in [1.82, 2.24) is 10.2 Å². The van der Waals surface area contributed by atoms with Gasteiger partial charge in [-0.1, -0.05) is 25.1 Å². The number of urea groups is 1. The van der Waals surface area contributed by atoms with Gasteiger partial charge in [0.25, 0.3) is 0 Å². The smallest absolute Gasteiger partial charge is 0.324 e. The molecular weight excluding hydrogens is 422 g/mol. The van der Waals surface area contributed by atoms with E-state index in [1.165, 1.54) is 0 Å². The van der Waals surface area contributed by atoms with E-state index in [-0.39, 0.29) is 30.8 Å². The van der Waals surface area contributed by atoms with Crippen molar-refractivity contribution in [2.75, 3.05) is 31.3 Å². The standard InChI is InChI=1S/C25H29N3O5/c1-2-19-15-28(20-5-3-4-6-21(20)33-19)25(30)27-11-9-18(10-12-27)24(29)26-14-17-7-8-22-23(13-17)32-16-31-22/h3-8,13,18-19H,2,9-12,14-16H2,1H3,(H,26,29)/t19-/m0/s1. The number of para-hydroxylation sites is 2. The van der Waals surface area contributed by atoms with Gasteiger partial charge >= 0.3 is 6.03 Å². The normalized spacial score (nSPS) is 19.6. The summed E-state index contributed by atoms with van der Waals surface area (Å²) in [5, 5.41) is 3.03. The number of likely N-dealkylation sites (tertiary alicyclic amines) is 1. The Morgan fingerprint density at radius 1 is 1.03 bits per heavy atom. The van der Waals surface area contributed by atoms with E-state index in [9.17, 15) is 9.59 Å². The van der Waals surface area contributed by atoms with E-state index in [1.807, 2.05) is 52.3 Å². The molecule has 3 heterocycles. The van der Waals surface area contributed by atoms with Gasteiger partial charge in [0.2, 0.25) is 12.7 Å². The average molecular weight is 452 g/mol. The van der Waals surface area contributed by atoms with Crippen LogP contribution >= 0.6 is 0 Å². The third-order valence-corrected chi connectivity index (χ3v) is 6.56. The van der Waals surface area contributed by atoms with Crippen molar-refractivity contribution in [2.45, 2.75) is 38.8 Å². The van der Waals surface area contributed by atoms with Gasteiger partial charge in [0.1, 0.15) is 11.9 Å². The Kier molecular flexibility index (Phi) is 5.98. The number of rotatable bonds is 4. The molecule has 2 aromatic rings. The predicted octanol–water partition coefficient (Wildman–Crippen LogP) is 3.54. The third-order valence-electron chi connectivity index (χ3n) is 6.56. The number of hydrogen-bond donors (Lipinski definition) is 1. The predicted molar refractivity (Wildman–Crippen MR) is 123 cm³/mol. The van der Waals surface area contributed by atoms with Crippen molar-refractivity contribution in [1.29, 1.82) is 0 Å².